The molecule has 1 aliphatic rings. The number of methoxy groups -OCH3 is 1. The molecule has 1 fully saturated rings. The lowest BCUT2D eigenvalue weighted by molar-refractivity contribution is -0.390. The van der Waals surface area contributed by atoms with Gasteiger partial charge in [0.05, 0.1) is 19.6 Å². The van der Waals surface area contributed by atoms with Gasteiger partial charge in [0.2, 0.25) is 5.91 Å². The van der Waals surface area contributed by atoms with E-state index in [0.29, 0.717) is 34.4 Å². The zero-order chi connectivity index (χ0) is 27.5. The Morgan fingerprint density at radius 1 is 1.05 bits per heavy atom. The number of rotatable bonds is 11. The summed E-state index contributed by atoms with van der Waals surface area (Å²) >= 11 is 0. The number of alkyl halides is 6. The first-order valence-electron chi connectivity index (χ1n) is 11.2. The number of nitrogens with one attached hydrogen (secondary N) is 1. The fourth-order valence-electron chi connectivity index (χ4n) is 3.68. The van der Waals surface area contributed by atoms with Gasteiger partial charge in [-0.05, 0) is 48.4 Å². The summed E-state index contributed by atoms with van der Waals surface area (Å²) < 4.78 is 104. The van der Waals surface area contributed by atoms with Crippen molar-refractivity contribution in [1.82, 2.24) is 4.98 Å². The van der Waals surface area contributed by atoms with Crippen molar-refractivity contribution in [3.63, 3.8) is 0 Å². The van der Waals surface area contributed by atoms with E-state index in [1.54, 1.807) is 6.07 Å². The van der Waals surface area contributed by atoms with Gasteiger partial charge in [0.25, 0.3) is 5.60 Å². The number of carbonyl (C=O) groups is 1. The fraction of sp³-hybridized carbons (Fsp3) is 0.458. The van der Waals surface area contributed by atoms with Crippen LogP contribution in [0.2, 0.25) is 0 Å². The van der Waals surface area contributed by atoms with E-state index in [-0.39, 0.29) is 12.1 Å². The van der Waals surface area contributed by atoms with Crippen molar-refractivity contribution in [3.05, 3.63) is 53.7 Å². The molecule has 1 unspecified atom stereocenters. The fourth-order valence-corrected chi connectivity index (χ4v) is 5.50. The van der Waals surface area contributed by atoms with E-state index in [1.807, 2.05) is 0 Å². The molecule has 0 bridgehead atoms. The average molecular weight is 553 g/mol. The van der Waals surface area contributed by atoms with E-state index in [9.17, 15) is 35.3 Å². The van der Waals surface area contributed by atoms with Crippen molar-refractivity contribution in [1.29, 1.82) is 0 Å². The molecule has 204 valence electrons. The van der Waals surface area contributed by atoms with Gasteiger partial charge in [0.15, 0.2) is 0 Å². The number of pyridine rings is 1. The summed E-state index contributed by atoms with van der Waals surface area (Å²) in [4.78, 5) is 16.5. The summed E-state index contributed by atoms with van der Waals surface area (Å²) in [5.41, 5.74) is -5.30. The van der Waals surface area contributed by atoms with E-state index >= 15 is 0 Å². The molecule has 3 rings (SSSR count). The summed E-state index contributed by atoms with van der Waals surface area (Å²) in [6.45, 7) is -1.44. The summed E-state index contributed by atoms with van der Waals surface area (Å²) in [6, 6.07) is 6.16. The van der Waals surface area contributed by atoms with Crippen LogP contribution in [0.4, 0.5) is 32.0 Å². The number of hydrogen-bond donors (Lipinski definition) is 1. The minimum Gasteiger partial charge on any atom is -0.382 e. The SMILES string of the molecule is C=S(=O)(CC1CC1)c1ccc(CC(=O)Nc2ccc(C(OCCOC)(C(F)(F)F)C(F)(F)F)cc2)cn1. The normalized spacial score (nSPS) is 16.3. The number of anilines is 1. The third-order valence-electron chi connectivity index (χ3n) is 5.72. The summed E-state index contributed by atoms with van der Waals surface area (Å²) in [6.07, 6.45) is -8.41. The molecule has 2 aromatic rings. The largest absolute Gasteiger partial charge is 0.430 e. The van der Waals surface area contributed by atoms with Crippen LogP contribution in [-0.4, -0.2) is 59.4 Å². The quantitative estimate of drug-likeness (QED) is 0.248. The molecule has 37 heavy (non-hydrogen) atoms. The van der Waals surface area contributed by atoms with Crippen LogP contribution in [0.1, 0.15) is 24.0 Å². The van der Waals surface area contributed by atoms with Crippen molar-refractivity contribution in [2.75, 3.05) is 31.4 Å². The van der Waals surface area contributed by atoms with E-state index in [0.717, 1.165) is 32.1 Å². The predicted molar refractivity (Wildman–Crippen MR) is 126 cm³/mol. The van der Waals surface area contributed by atoms with Gasteiger partial charge in [-0.25, -0.2) is 4.98 Å². The molecule has 1 aliphatic carbocycles. The number of benzene rings is 1. The Morgan fingerprint density at radius 3 is 2.16 bits per heavy atom. The molecule has 1 saturated carbocycles. The topological polar surface area (TPSA) is 77.5 Å². The zero-order valence-electron chi connectivity index (χ0n) is 19.8. The van der Waals surface area contributed by atoms with E-state index in [2.05, 4.69) is 25.6 Å². The van der Waals surface area contributed by atoms with Gasteiger partial charge in [-0.2, -0.15) is 26.3 Å². The Bertz CT molecular complexity index is 1160. The first kappa shape index (κ1) is 28.9. The molecule has 0 spiro atoms. The number of aromatic nitrogens is 1. The molecule has 1 aromatic heterocycles. The molecule has 13 heteroatoms. The minimum absolute atomic E-state index is 0.0151. The Hall–Kier alpha value is -2.64. The minimum atomic E-state index is -5.82. The number of amides is 1. The Labute approximate surface area is 210 Å². The second-order valence-corrected chi connectivity index (χ2v) is 11.1. The smallest absolute Gasteiger partial charge is 0.382 e. The van der Waals surface area contributed by atoms with Crippen LogP contribution in [0.5, 0.6) is 0 Å². The van der Waals surface area contributed by atoms with Crippen LogP contribution < -0.4 is 5.32 Å². The molecule has 1 N–H and O–H groups in total. The highest BCUT2D eigenvalue weighted by Gasteiger charge is 2.73. The molecule has 1 aromatic carbocycles. The van der Waals surface area contributed by atoms with Crippen molar-refractivity contribution in [3.8, 4) is 0 Å². The predicted octanol–water partition coefficient (Wildman–Crippen LogP) is 4.73. The highest BCUT2D eigenvalue weighted by molar-refractivity contribution is 8.00. The molecule has 6 nitrogen and oxygen atoms in total. The van der Waals surface area contributed by atoms with E-state index < -0.39 is 52.2 Å². The second kappa shape index (κ2) is 11.0. The van der Waals surface area contributed by atoms with Gasteiger partial charge < -0.3 is 14.8 Å². The number of nitrogens with zero attached hydrogens (tertiary/aromatic N) is 1. The Morgan fingerprint density at radius 2 is 1.68 bits per heavy atom. The number of hydrogen-bond acceptors (Lipinski definition) is 5. The number of halogens is 6. The maximum Gasteiger partial charge on any atom is 0.430 e. The molecule has 0 radical (unpaired) electrons. The third kappa shape index (κ3) is 6.82. The summed E-state index contributed by atoms with van der Waals surface area (Å²) in [5, 5.41) is 2.76. The van der Waals surface area contributed by atoms with Crippen LogP contribution in [-0.2, 0) is 35.8 Å². The van der Waals surface area contributed by atoms with Gasteiger partial charge in [0.1, 0.15) is 5.03 Å². The Kier molecular flexibility index (Phi) is 8.60. The van der Waals surface area contributed by atoms with Gasteiger partial charge in [-0.1, -0.05) is 18.2 Å². The van der Waals surface area contributed by atoms with Crippen LogP contribution in [0.3, 0.4) is 0 Å². The monoisotopic (exact) mass is 552 g/mol. The molecule has 0 aliphatic heterocycles. The summed E-state index contributed by atoms with van der Waals surface area (Å²) in [7, 11) is -1.41. The maximum atomic E-state index is 13.7. The van der Waals surface area contributed by atoms with Crippen LogP contribution in [0.25, 0.3) is 0 Å². The molecule has 0 saturated heterocycles. The third-order valence-corrected chi connectivity index (χ3v) is 7.74. The molecular weight excluding hydrogens is 526 g/mol. The van der Waals surface area contributed by atoms with Crippen molar-refractivity contribution in [2.45, 2.75) is 42.2 Å². The Balaban J connectivity index is 1.71. The lowest BCUT2D eigenvalue weighted by Crippen LogP contribution is -2.56. The standard InChI is InChI=1S/C24H26F6N2O4S/c1-35-11-12-36-22(23(25,26)27,24(28,29)30)18-6-8-19(9-7-18)32-20(33)13-17-5-10-21(31-14-17)37(2,34)15-16-3-4-16/h5-10,14,16H,2-4,11-13,15H2,1H3,(H,32,33). The van der Waals surface area contributed by atoms with Gasteiger partial charge in [-0.3, -0.25) is 9.00 Å². The average Bonchev–Trinajstić information content (AvgIpc) is 3.59. The van der Waals surface area contributed by atoms with E-state index in [4.69, 9.17) is 0 Å². The zero-order valence-corrected chi connectivity index (χ0v) is 20.6. The summed E-state index contributed by atoms with van der Waals surface area (Å²) in [5.74, 6) is 4.04. The lowest BCUT2D eigenvalue weighted by Gasteiger charge is -2.37. The van der Waals surface area contributed by atoms with E-state index in [1.165, 1.54) is 12.3 Å². The molecule has 1 atom stereocenters. The highest BCUT2D eigenvalue weighted by Crippen LogP contribution is 2.53. The van der Waals surface area contributed by atoms with Crippen LogP contribution in [0.15, 0.2) is 47.6 Å². The maximum absolute atomic E-state index is 13.7. The van der Waals surface area contributed by atoms with Gasteiger partial charge >= 0.3 is 12.4 Å². The van der Waals surface area contributed by atoms with Crippen molar-refractivity contribution >= 4 is 27.0 Å². The molecule has 1 amide bonds. The first-order valence-corrected chi connectivity index (χ1v) is 13.1. The van der Waals surface area contributed by atoms with Crippen molar-refractivity contribution < 1.29 is 44.8 Å². The number of ether oxygens (including phenoxy) is 2. The van der Waals surface area contributed by atoms with Crippen molar-refractivity contribution in [2.24, 2.45) is 5.92 Å². The van der Waals surface area contributed by atoms with Gasteiger partial charge in [0, 0.05) is 39.8 Å². The first-order chi connectivity index (χ1) is 17.2. The second-order valence-electron chi connectivity index (χ2n) is 8.75. The molecular formula is C24H26F6N2O4S. The number of carbonyl (C=O) groups excluding carboxylic acids is 1. The van der Waals surface area contributed by atoms with Crippen LogP contribution in [0, 0.1) is 5.92 Å². The highest BCUT2D eigenvalue weighted by atomic mass is 32.2. The molecule has 1 heterocycles. The van der Waals surface area contributed by atoms with Crippen LogP contribution >= 0.6 is 0 Å². The lowest BCUT2D eigenvalue weighted by atomic mass is 9.91. The van der Waals surface area contributed by atoms with Gasteiger partial charge in [-0.15, -0.1) is 0 Å².